The maximum Gasteiger partial charge on any atom is 0.303 e. The number of rotatable bonds is 10. The maximum absolute atomic E-state index is 12.8. The molecular weight excluding hydrogens is 304 g/mol. The number of carbonyl (C=O) groups is 3. The molecule has 1 fully saturated rings. The summed E-state index contributed by atoms with van der Waals surface area (Å²) in [6.07, 6.45) is 13.2. The number of fused-ring (bicyclic) bond motifs is 1. The van der Waals surface area contributed by atoms with Gasteiger partial charge in [0.2, 0.25) is 0 Å². The molecule has 0 aromatic heterocycles. The van der Waals surface area contributed by atoms with Gasteiger partial charge in [0.25, 0.3) is 0 Å². The number of Topliss-reactive ketones (excluding diaryl/α,β-unsaturated/α-hetero) is 1. The van der Waals surface area contributed by atoms with Gasteiger partial charge in [0, 0.05) is 24.2 Å². The lowest BCUT2D eigenvalue weighted by Crippen LogP contribution is -2.32. The number of hydrogen-bond acceptors (Lipinski definition) is 3. The van der Waals surface area contributed by atoms with Crippen molar-refractivity contribution in [2.45, 2.75) is 71.1 Å². The van der Waals surface area contributed by atoms with Gasteiger partial charge < -0.3 is 5.11 Å². The largest absolute Gasteiger partial charge is 0.481 e. The number of unbranched alkanes of at least 4 members (excludes halogenated alkanes) is 4. The highest BCUT2D eigenvalue weighted by molar-refractivity contribution is 6.04. The van der Waals surface area contributed by atoms with Gasteiger partial charge in [-0.15, -0.1) is 0 Å². The molecule has 1 N–H and O–H groups in total. The first kappa shape index (κ1) is 18.6. The minimum absolute atomic E-state index is 0.00554. The monoisotopic (exact) mass is 332 g/mol. The van der Waals surface area contributed by atoms with E-state index in [0.717, 1.165) is 50.5 Å². The van der Waals surface area contributed by atoms with E-state index in [-0.39, 0.29) is 29.3 Å². The van der Waals surface area contributed by atoms with Gasteiger partial charge in [-0.1, -0.05) is 50.7 Å². The zero-order valence-electron chi connectivity index (χ0n) is 14.6. The van der Waals surface area contributed by atoms with Gasteiger partial charge >= 0.3 is 5.97 Å². The van der Waals surface area contributed by atoms with Crippen LogP contribution in [0.4, 0.5) is 0 Å². The molecule has 24 heavy (non-hydrogen) atoms. The first-order valence-corrected chi connectivity index (χ1v) is 9.17. The minimum atomic E-state index is -0.743. The van der Waals surface area contributed by atoms with Gasteiger partial charge in [-0.3, -0.25) is 14.4 Å². The van der Waals surface area contributed by atoms with Crippen LogP contribution in [0.5, 0.6) is 0 Å². The van der Waals surface area contributed by atoms with Gasteiger partial charge in [0.1, 0.15) is 5.78 Å². The van der Waals surface area contributed by atoms with Crippen LogP contribution in [-0.2, 0) is 14.4 Å². The second-order valence-electron chi connectivity index (χ2n) is 7.13. The van der Waals surface area contributed by atoms with Crippen LogP contribution in [0.25, 0.3) is 0 Å². The Morgan fingerprint density at radius 1 is 1.17 bits per heavy atom. The fourth-order valence-corrected chi connectivity index (χ4v) is 4.15. The van der Waals surface area contributed by atoms with E-state index in [0.29, 0.717) is 12.8 Å². The van der Waals surface area contributed by atoms with E-state index in [9.17, 15) is 14.4 Å². The van der Waals surface area contributed by atoms with Gasteiger partial charge in [0.05, 0.1) is 0 Å². The van der Waals surface area contributed by atoms with Crippen LogP contribution in [0.1, 0.15) is 71.1 Å². The standard InChI is InChI=1S/C20H28O4/c1-2-3-11-20(12-7-5-4-6-8-19(23)24)17-10-9-16(21)13-15(17)14-18(20)22/h9-10,13,17H,2-8,11-12,14H2,1H3,(H,23,24)/t17?,20-/m1/s1. The Kier molecular flexibility index (Phi) is 6.52. The molecule has 2 atom stereocenters. The molecule has 132 valence electrons. The quantitative estimate of drug-likeness (QED) is 0.607. The maximum atomic E-state index is 12.8. The van der Waals surface area contributed by atoms with Crippen LogP contribution in [0.15, 0.2) is 23.8 Å². The van der Waals surface area contributed by atoms with Crippen molar-refractivity contribution < 1.29 is 19.5 Å². The predicted octanol–water partition coefficient (Wildman–Crippen LogP) is 4.24. The summed E-state index contributed by atoms with van der Waals surface area (Å²) in [5.74, 6) is -0.369. The van der Waals surface area contributed by atoms with Crippen molar-refractivity contribution in [3.63, 3.8) is 0 Å². The van der Waals surface area contributed by atoms with E-state index in [1.807, 2.05) is 6.08 Å². The topological polar surface area (TPSA) is 71.4 Å². The molecular formula is C20H28O4. The third-order valence-electron chi connectivity index (χ3n) is 5.44. The number of carboxylic acids is 1. The number of carboxylic acid groups (broad SMARTS) is 1. The summed E-state index contributed by atoms with van der Waals surface area (Å²) in [7, 11) is 0. The highest BCUT2D eigenvalue weighted by atomic mass is 16.4. The van der Waals surface area contributed by atoms with E-state index in [1.54, 1.807) is 12.2 Å². The molecule has 1 unspecified atom stereocenters. The second-order valence-corrected chi connectivity index (χ2v) is 7.13. The number of hydrogen-bond donors (Lipinski definition) is 1. The smallest absolute Gasteiger partial charge is 0.303 e. The first-order chi connectivity index (χ1) is 11.5. The van der Waals surface area contributed by atoms with Crippen LogP contribution in [0.2, 0.25) is 0 Å². The molecule has 2 aliphatic rings. The molecule has 0 aromatic rings. The number of allylic oxidation sites excluding steroid dienone is 4. The van der Waals surface area contributed by atoms with Crippen molar-refractivity contribution in [1.82, 2.24) is 0 Å². The van der Waals surface area contributed by atoms with Gasteiger partial charge in [-0.25, -0.2) is 0 Å². The Morgan fingerprint density at radius 2 is 1.88 bits per heavy atom. The van der Waals surface area contributed by atoms with Crippen molar-refractivity contribution in [2.24, 2.45) is 11.3 Å². The summed E-state index contributed by atoms with van der Waals surface area (Å²) in [6.45, 7) is 2.13. The summed E-state index contributed by atoms with van der Waals surface area (Å²) in [4.78, 5) is 35.0. The molecule has 1 saturated carbocycles. The fourth-order valence-electron chi connectivity index (χ4n) is 4.15. The van der Waals surface area contributed by atoms with E-state index in [2.05, 4.69) is 6.92 Å². The lowest BCUT2D eigenvalue weighted by molar-refractivity contribution is -0.137. The van der Waals surface area contributed by atoms with Crippen LogP contribution in [0, 0.1) is 11.3 Å². The van der Waals surface area contributed by atoms with E-state index >= 15 is 0 Å². The van der Waals surface area contributed by atoms with Crippen molar-refractivity contribution in [3.05, 3.63) is 23.8 Å². The van der Waals surface area contributed by atoms with Crippen LogP contribution in [-0.4, -0.2) is 22.6 Å². The summed E-state index contributed by atoms with van der Waals surface area (Å²) in [5.41, 5.74) is 0.653. The lowest BCUT2D eigenvalue weighted by Gasteiger charge is -2.34. The van der Waals surface area contributed by atoms with Crippen LogP contribution >= 0.6 is 0 Å². The molecule has 2 aliphatic carbocycles. The zero-order chi connectivity index (χ0) is 17.6. The number of carbonyl (C=O) groups excluding carboxylic acids is 2. The lowest BCUT2D eigenvalue weighted by atomic mass is 9.68. The highest BCUT2D eigenvalue weighted by Gasteiger charge is 2.50. The Bertz CT molecular complexity index is 558. The van der Waals surface area contributed by atoms with Gasteiger partial charge in [-0.05, 0) is 31.4 Å². The minimum Gasteiger partial charge on any atom is -0.481 e. The molecule has 0 saturated heterocycles. The van der Waals surface area contributed by atoms with Crippen molar-refractivity contribution in [2.75, 3.05) is 0 Å². The normalized spacial score (nSPS) is 25.7. The first-order valence-electron chi connectivity index (χ1n) is 9.17. The van der Waals surface area contributed by atoms with Crippen LogP contribution in [0.3, 0.4) is 0 Å². The number of aliphatic carboxylic acids is 1. The fraction of sp³-hybridized carbons (Fsp3) is 0.650. The highest BCUT2D eigenvalue weighted by Crippen LogP contribution is 2.52. The third kappa shape index (κ3) is 4.22. The van der Waals surface area contributed by atoms with Crippen molar-refractivity contribution in [3.8, 4) is 0 Å². The Morgan fingerprint density at radius 3 is 2.58 bits per heavy atom. The number of ketones is 2. The molecule has 0 radical (unpaired) electrons. The molecule has 4 heteroatoms. The molecule has 0 aromatic carbocycles. The Balaban J connectivity index is 2.00. The second kappa shape index (κ2) is 8.41. The Labute approximate surface area is 144 Å². The summed E-state index contributed by atoms with van der Waals surface area (Å²) >= 11 is 0. The van der Waals surface area contributed by atoms with Crippen molar-refractivity contribution in [1.29, 1.82) is 0 Å². The molecule has 0 heterocycles. The average molecular weight is 332 g/mol. The predicted molar refractivity (Wildman–Crippen MR) is 92.6 cm³/mol. The van der Waals surface area contributed by atoms with Crippen LogP contribution < -0.4 is 0 Å². The van der Waals surface area contributed by atoms with Crippen molar-refractivity contribution >= 4 is 17.5 Å². The summed E-state index contributed by atoms with van der Waals surface area (Å²) in [5, 5.41) is 8.68. The molecule has 0 amide bonds. The molecule has 0 bridgehead atoms. The average Bonchev–Trinajstić information content (AvgIpc) is 2.80. The third-order valence-corrected chi connectivity index (χ3v) is 5.44. The van der Waals surface area contributed by atoms with E-state index in [1.165, 1.54) is 0 Å². The summed E-state index contributed by atoms with van der Waals surface area (Å²) < 4.78 is 0. The molecule has 0 aliphatic heterocycles. The van der Waals surface area contributed by atoms with E-state index < -0.39 is 5.97 Å². The van der Waals surface area contributed by atoms with Gasteiger partial charge in [-0.2, -0.15) is 0 Å². The summed E-state index contributed by atoms with van der Waals surface area (Å²) in [6, 6.07) is 0. The molecule has 2 rings (SSSR count). The molecule has 0 spiro atoms. The Hall–Kier alpha value is -1.71. The van der Waals surface area contributed by atoms with E-state index in [4.69, 9.17) is 5.11 Å². The van der Waals surface area contributed by atoms with Gasteiger partial charge in [0.15, 0.2) is 5.78 Å². The zero-order valence-corrected chi connectivity index (χ0v) is 14.6. The SMILES string of the molecule is CCCC[C@]1(CCCCCCC(=O)O)C(=O)CC2=CC(=O)C=CC21. The molecule has 4 nitrogen and oxygen atoms in total.